The Labute approximate surface area is 190 Å². The molecular formula is C22H25ClFN7O. The van der Waals surface area contributed by atoms with Crippen LogP contribution in [-0.4, -0.2) is 43.9 Å². The Balaban J connectivity index is 1.22. The van der Waals surface area contributed by atoms with Gasteiger partial charge in [-0.1, -0.05) is 11.6 Å². The molecule has 1 fully saturated rings. The van der Waals surface area contributed by atoms with Gasteiger partial charge in [0.05, 0.1) is 0 Å². The van der Waals surface area contributed by atoms with E-state index < -0.39 is 5.82 Å². The first kappa shape index (κ1) is 20.9. The molecule has 2 aliphatic rings. The van der Waals surface area contributed by atoms with Crippen molar-refractivity contribution in [2.24, 2.45) is 5.92 Å². The molecule has 2 aliphatic heterocycles. The molecule has 5 rings (SSSR count). The monoisotopic (exact) mass is 457 g/mol. The Morgan fingerprint density at radius 3 is 2.88 bits per heavy atom. The van der Waals surface area contributed by atoms with Gasteiger partial charge in [0, 0.05) is 54.9 Å². The molecule has 168 valence electrons. The molecule has 3 unspecified atom stereocenters. The zero-order chi connectivity index (χ0) is 22.2. The maximum absolute atomic E-state index is 13.6. The molecule has 0 bridgehead atoms. The molecule has 3 atom stereocenters. The smallest absolute Gasteiger partial charge is 0.242 e. The average Bonchev–Trinajstić information content (AvgIpc) is 3.45. The number of benzene rings is 1. The first-order chi connectivity index (χ1) is 15.4. The van der Waals surface area contributed by atoms with Gasteiger partial charge in [0.25, 0.3) is 0 Å². The van der Waals surface area contributed by atoms with Crippen LogP contribution in [0.1, 0.15) is 37.4 Å². The van der Waals surface area contributed by atoms with Gasteiger partial charge in [0.15, 0.2) is 11.9 Å². The van der Waals surface area contributed by atoms with E-state index in [2.05, 4.69) is 37.2 Å². The number of nitrogens with zero attached hydrogens (tertiary/aromatic N) is 6. The quantitative estimate of drug-likeness (QED) is 0.598. The van der Waals surface area contributed by atoms with Gasteiger partial charge in [-0.15, -0.1) is 5.10 Å². The summed E-state index contributed by atoms with van der Waals surface area (Å²) in [4.78, 5) is 15.6. The Morgan fingerprint density at radius 2 is 2.06 bits per heavy atom. The van der Waals surface area contributed by atoms with Gasteiger partial charge in [0.1, 0.15) is 23.7 Å². The van der Waals surface area contributed by atoms with Gasteiger partial charge in [-0.3, -0.25) is 0 Å². The molecule has 0 saturated carbocycles. The zero-order valence-electron chi connectivity index (χ0n) is 18.0. The third-order valence-corrected chi connectivity index (χ3v) is 6.33. The molecule has 1 saturated heterocycles. The number of halogens is 2. The molecule has 4 heterocycles. The maximum atomic E-state index is 13.6. The van der Waals surface area contributed by atoms with E-state index in [9.17, 15) is 4.39 Å². The Hall–Kier alpha value is -2.94. The number of nitrogens with one attached hydrogen (secondary N) is 1. The van der Waals surface area contributed by atoms with Crippen LogP contribution in [0.3, 0.4) is 0 Å². The van der Waals surface area contributed by atoms with Gasteiger partial charge >= 0.3 is 0 Å². The van der Waals surface area contributed by atoms with Crippen molar-refractivity contribution in [2.75, 3.05) is 23.3 Å². The molecule has 1 N–H and O–H groups in total. The number of hydrogen-bond donors (Lipinski definition) is 1. The van der Waals surface area contributed by atoms with Crippen molar-refractivity contribution >= 4 is 23.4 Å². The number of hydrogen-bond acceptors (Lipinski definition) is 7. The molecule has 8 nitrogen and oxygen atoms in total. The highest BCUT2D eigenvalue weighted by atomic mass is 35.5. The largest absolute Gasteiger partial charge is 0.482 e. The van der Waals surface area contributed by atoms with Crippen LogP contribution >= 0.6 is 11.6 Å². The summed E-state index contributed by atoms with van der Waals surface area (Å²) in [6, 6.07) is 6.42. The highest BCUT2D eigenvalue weighted by Crippen LogP contribution is 2.32. The maximum Gasteiger partial charge on any atom is 0.242 e. The van der Waals surface area contributed by atoms with Gasteiger partial charge < -0.3 is 15.0 Å². The van der Waals surface area contributed by atoms with Crippen LogP contribution < -0.4 is 15.0 Å². The van der Waals surface area contributed by atoms with E-state index >= 15 is 0 Å². The first-order valence-electron chi connectivity index (χ1n) is 10.8. The van der Waals surface area contributed by atoms with Gasteiger partial charge in [-0.05, 0) is 38.3 Å². The van der Waals surface area contributed by atoms with Gasteiger partial charge in [-0.25, -0.2) is 19.0 Å². The van der Waals surface area contributed by atoms with E-state index in [1.54, 1.807) is 12.4 Å². The van der Waals surface area contributed by atoms with E-state index in [1.807, 2.05) is 17.7 Å². The minimum Gasteiger partial charge on any atom is -0.482 e. The highest BCUT2D eigenvalue weighted by Gasteiger charge is 2.31. The summed E-state index contributed by atoms with van der Waals surface area (Å²) < 4.78 is 21.4. The topological polar surface area (TPSA) is 81.0 Å². The summed E-state index contributed by atoms with van der Waals surface area (Å²) in [5.41, 5.74) is 0.971. The van der Waals surface area contributed by atoms with E-state index in [1.165, 1.54) is 12.1 Å². The van der Waals surface area contributed by atoms with Crippen molar-refractivity contribution < 1.29 is 9.13 Å². The van der Waals surface area contributed by atoms with E-state index in [-0.39, 0.29) is 12.1 Å². The number of aryl methyl sites for hydroxylation is 2. The van der Waals surface area contributed by atoms with Crippen LogP contribution in [-0.2, 0) is 6.54 Å². The predicted molar refractivity (Wildman–Crippen MR) is 120 cm³/mol. The van der Waals surface area contributed by atoms with Crippen molar-refractivity contribution in [3.05, 3.63) is 53.0 Å². The molecule has 2 aromatic heterocycles. The summed E-state index contributed by atoms with van der Waals surface area (Å²) >= 11 is 5.94. The standard InChI is InChI=1S/C22H25ClFN7O/c1-13-7-20(26-12-25-13)30-5-3-15(11-30)14(2)27-22-28-21-19(4-6-31(21)29-22)32-18-9-16(23)8-17(24)10-18/h7-10,12,14-15,19H,3-6,11H2,1-2H3,(H,27,29). The molecule has 0 aliphatic carbocycles. The summed E-state index contributed by atoms with van der Waals surface area (Å²) in [7, 11) is 0. The van der Waals surface area contributed by atoms with Crippen molar-refractivity contribution in [1.29, 1.82) is 0 Å². The van der Waals surface area contributed by atoms with Gasteiger partial charge in [-0.2, -0.15) is 4.98 Å². The lowest BCUT2D eigenvalue weighted by Gasteiger charge is -2.21. The lowest BCUT2D eigenvalue weighted by atomic mass is 10.0. The number of ether oxygens (including phenoxy) is 1. The fraction of sp³-hybridized carbons (Fsp3) is 0.455. The number of aromatic nitrogens is 5. The predicted octanol–water partition coefficient (Wildman–Crippen LogP) is 4.02. The molecule has 0 spiro atoms. The molecule has 1 aromatic carbocycles. The van der Waals surface area contributed by atoms with Crippen LogP contribution in [0.2, 0.25) is 5.02 Å². The average molecular weight is 458 g/mol. The third kappa shape index (κ3) is 4.34. The first-order valence-corrected chi connectivity index (χ1v) is 11.2. The SMILES string of the molecule is Cc1cc(N2CCC(C(C)Nc3nc4n(n3)CCC4Oc3cc(F)cc(Cl)c3)C2)ncn1. The summed E-state index contributed by atoms with van der Waals surface area (Å²) in [6.07, 6.45) is 3.13. The van der Waals surface area contributed by atoms with Crippen LogP contribution in [0.15, 0.2) is 30.6 Å². The summed E-state index contributed by atoms with van der Waals surface area (Å²) in [5.74, 6) is 2.73. The van der Waals surface area contributed by atoms with E-state index in [0.29, 0.717) is 29.2 Å². The van der Waals surface area contributed by atoms with Crippen LogP contribution in [0.25, 0.3) is 0 Å². The second-order valence-electron chi connectivity index (χ2n) is 8.46. The summed E-state index contributed by atoms with van der Waals surface area (Å²) in [5, 5.41) is 8.36. The minimum atomic E-state index is -0.425. The second kappa shape index (κ2) is 8.54. The zero-order valence-corrected chi connectivity index (χ0v) is 18.8. The molecule has 0 amide bonds. The van der Waals surface area contributed by atoms with Crippen molar-refractivity contribution in [2.45, 2.75) is 45.4 Å². The summed E-state index contributed by atoms with van der Waals surface area (Å²) in [6.45, 7) is 6.73. The third-order valence-electron chi connectivity index (χ3n) is 6.11. The molecule has 10 heteroatoms. The Morgan fingerprint density at radius 1 is 1.19 bits per heavy atom. The highest BCUT2D eigenvalue weighted by molar-refractivity contribution is 6.30. The number of fused-ring (bicyclic) bond motifs is 1. The normalized spacial score (nSPS) is 20.9. The van der Waals surface area contributed by atoms with E-state index in [4.69, 9.17) is 16.3 Å². The molecule has 3 aromatic rings. The second-order valence-corrected chi connectivity index (χ2v) is 8.90. The van der Waals surface area contributed by atoms with Crippen molar-refractivity contribution in [3.8, 4) is 5.75 Å². The van der Waals surface area contributed by atoms with Crippen molar-refractivity contribution in [3.63, 3.8) is 0 Å². The Bertz CT molecular complexity index is 1100. The molecule has 0 radical (unpaired) electrons. The lowest BCUT2D eigenvalue weighted by Crippen LogP contribution is -2.30. The Kier molecular flexibility index (Phi) is 5.58. The fourth-order valence-electron chi connectivity index (χ4n) is 4.40. The molecular weight excluding hydrogens is 433 g/mol. The van der Waals surface area contributed by atoms with E-state index in [0.717, 1.165) is 43.3 Å². The van der Waals surface area contributed by atoms with Crippen LogP contribution in [0.4, 0.5) is 16.2 Å². The number of rotatable bonds is 6. The lowest BCUT2D eigenvalue weighted by molar-refractivity contribution is 0.202. The minimum absolute atomic E-state index is 0.201. The van der Waals surface area contributed by atoms with Crippen LogP contribution in [0.5, 0.6) is 5.75 Å². The van der Waals surface area contributed by atoms with Crippen LogP contribution in [0, 0.1) is 18.7 Å². The number of anilines is 2. The molecule has 32 heavy (non-hydrogen) atoms. The van der Waals surface area contributed by atoms with Gasteiger partial charge in [0.2, 0.25) is 5.95 Å². The fourth-order valence-corrected chi connectivity index (χ4v) is 4.61. The van der Waals surface area contributed by atoms with Crippen molar-refractivity contribution in [1.82, 2.24) is 24.7 Å².